The fraction of sp³-hybridized carbons (Fsp3) is 0.417. The summed E-state index contributed by atoms with van der Waals surface area (Å²) in [5, 5.41) is 8.70. The average Bonchev–Trinajstić information content (AvgIpc) is 2.33. The third kappa shape index (κ3) is 4.16. The number of hydrogen-bond donors (Lipinski definition) is 2. The highest BCUT2D eigenvalue weighted by Crippen LogP contribution is 2.24. The van der Waals surface area contributed by atoms with E-state index in [1.807, 2.05) is 11.6 Å². The van der Waals surface area contributed by atoms with E-state index in [0.717, 1.165) is 6.07 Å². The van der Waals surface area contributed by atoms with Crippen LogP contribution in [-0.2, 0) is 14.8 Å². The first-order chi connectivity index (χ1) is 9.29. The monoisotopic (exact) mass is 323 g/mol. The van der Waals surface area contributed by atoms with E-state index < -0.39 is 32.7 Å². The highest BCUT2D eigenvalue weighted by atomic mass is 35.5. The van der Waals surface area contributed by atoms with Crippen molar-refractivity contribution in [3.05, 3.63) is 29.0 Å². The number of carboxylic acid groups (broad SMARTS) is 1. The summed E-state index contributed by atoms with van der Waals surface area (Å²) in [5.41, 5.74) is 0. The van der Waals surface area contributed by atoms with Gasteiger partial charge >= 0.3 is 5.97 Å². The minimum atomic E-state index is -4.33. The number of hydrogen-bond acceptors (Lipinski definition) is 3. The summed E-state index contributed by atoms with van der Waals surface area (Å²) in [6, 6.07) is 2.13. The van der Waals surface area contributed by atoms with Crippen molar-refractivity contribution in [3.63, 3.8) is 0 Å². The molecule has 112 valence electrons. The fourth-order valence-electron chi connectivity index (χ4n) is 1.63. The number of carboxylic acids is 1. The molecule has 0 unspecified atom stereocenters. The normalized spacial score (nSPS) is 13.2. The number of rotatable bonds is 7. The molecule has 8 heteroatoms. The predicted octanol–water partition coefficient (Wildman–Crippen LogP) is 2.40. The van der Waals surface area contributed by atoms with Crippen molar-refractivity contribution in [3.8, 4) is 0 Å². The van der Waals surface area contributed by atoms with Crippen LogP contribution in [0, 0.1) is 5.82 Å². The SMILES string of the molecule is CCCC[C@H](NS(=O)(=O)c1c(F)cccc1Cl)C(=O)O. The maximum absolute atomic E-state index is 13.6. The Morgan fingerprint density at radius 1 is 1.50 bits per heavy atom. The molecule has 2 N–H and O–H groups in total. The molecule has 0 saturated heterocycles. The standard InChI is InChI=1S/C12H15ClFNO4S/c1-2-3-7-10(12(16)17)15-20(18,19)11-8(13)5-4-6-9(11)14/h4-6,10,15H,2-3,7H2,1H3,(H,16,17)/t10-/m0/s1. The van der Waals surface area contributed by atoms with Gasteiger partial charge in [0, 0.05) is 0 Å². The van der Waals surface area contributed by atoms with Crippen molar-refractivity contribution in [1.82, 2.24) is 4.72 Å². The Labute approximate surface area is 121 Å². The molecule has 5 nitrogen and oxygen atoms in total. The van der Waals surface area contributed by atoms with Gasteiger partial charge in [-0.25, -0.2) is 12.8 Å². The van der Waals surface area contributed by atoms with Gasteiger partial charge < -0.3 is 5.11 Å². The summed E-state index contributed by atoms with van der Waals surface area (Å²) in [6.45, 7) is 1.85. The molecule has 0 fully saturated rings. The molecular weight excluding hydrogens is 309 g/mol. The predicted molar refractivity (Wildman–Crippen MR) is 72.7 cm³/mol. The molecular formula is C12H15ClFNO4S. The fourth-order valence-corrected chi connectivity index (χ4v) is 3.45. The maximum Gasteiger partial charge on any atom is 0.321 e. The summed E-state index contributed by atoms with van der Waals surface area (Å²) in [5.74, 6) is -2.33. The number of aliphatic carboxylic acids is 1. The summed E-state index contributed by atoms with van der Waals surface area (Å²) in [7, 11) is -4.33. The van der Waals surface area contributed by atoms with Crippen LogP contribution in [0.2, 0.25) is 5.02 Å². The lowest BCUT2D eigenvalue weighted by Gasteiger charge is -2.15. The molecule has 0 saturated carbocycles. The van der Waals surface area contributed by atoms with E-state index in [9.17, 15) is 17.6 Å². The second kappa shape index (κ2) is 7.01. The molecule has 0 aliphatic rings. The Bertz CT molecular complexity index is 571. The first-order valence-corrected chi connectivity index (χ1v) is 7.85. The molecule has 0 heterocycles. The molecule has 0 amide bonds. The highest BCUT2D eigenvalue weighted by molar-refractivity contribution is 7.89. The van der Waals surface area contributed by atoms with Gasteiger partial charge in [0.05, 0.1) is 5.02 Å². The number of halogens is 2. The van der Waals surface area contributed by atoms with E-state index in [4.69, 9.17) is 16.7 Å². The van der Waals surface area contributed by atoms with Gasteiger partial charge in [0.1, 0.15) is 16.8 Å². The van der Waals surface area contributed by atoms with Crippen molar-refractivity contribution < 1.29 is 22.7 Å². The molecule has 0 aliphatic carbocycles. The number of unbranched alkanes of at least 4 members (excludes halogenated alkanes) is 1. The first-order valence-electron chi connectivity index (χ1n) is 5.98. The van der Waals surface area contributed by atoms with Crippen LogP contribution in [0.25, 0.3) is 0 Å². The Hall–Kier alpha value is -1.18. The molecule has 1 aromatic carbocycles. The zero-order valence-electron chi connectivity index (χ0n) is 10.8. The van der Waals surface area contributed by atoms with Crippen molar-refractivity contribution in [2.45, 2.75) is 37.1 Å². The number of benzene rings is 1. The van der Waals surface area contributed by atoms with Crippen molar-refractivity contribution in [2.24, 2.45) is 0 Å². The van der Waals surface area contributed by atoms with E-state index in [1.165, 1.54) is 12.1 Å². The van der Waals surface area contributed by atoms with Crippen LogP contribution < -0.4 is 4.72 Å². The van der Waals surface area contributed by atoms with Crippen molar-refractivity contribution >= 4 is 27.6 Å². The lowest BCUT2D eigenvalue weighted by atomic mass is 10.1. The van der Waals surface area contributed by atoms with Crippen LogP contribution in [-0.4, -0.2) is 25.5 Å². The first kappa shape index (κ1) is 16.9. The van der Waals surface area contributed by atoms with Gasteiger partial charge in [-0.3, -0.25) is 4.79 Å². The highest BCUT2D eigenvalue weighted by Gasteiger charge is 2.28. The van der Waals surface area contributed by atoms with Gasteiger partial charge in [0.15, 0.2) is 0 Å². The minimum Gasteiger partial charge on any atom is -0.480 e. The van der Waals surface area contributed by atoms with E-state index >= 15 is 0 Å². The molecule has 0 spiro atoms. The zero-order chi connectivity index (χ0) is 15.3. The van der Waals surface area contributed by atoms with Gasteiger partial charge in [-0.2, -0.15) is 4.72 Å². The largest absolute Gasteiger partial charge is 0.480 e. The third-order valence-corrected chi connectivity index (χ3v) is 4.60. The quantitative estimate of drug-likeness (QED) is 0.807. The van der Waals surface area contributed by atoms with E-state index in [2.05, 4.69) is 0 Å². The molecule has 1 rings (SSSR count). The molecule has 0 aromatic heterocycles. The van der Waals surface area contributed by atoms with Crippen molar-refractivity contribution in [2.75, 3.05) is 0 Å². The molecule has 1 aromatic rings. The van der Waals surface area contributed by atoms with Gasteiger partial charge in [-0.05, 0) is 18.6 Å². The van der Waals surface area contributed by atoms with Gasteiger partial charge in [0.2, 0.25) is 10.0 Å². The van der Waals surface area contributed by atoms with Gasteiger partial charge in [-0.1, -0.05) is 37.4 Å². The van der Waals surface area contributed by atoms with Crippen molar-refractivity contribution in [1.29, 1.82) is 0 Å². The van der Waals surface area contributed by atoms with Gasteiger partial charge in [0.25, 0.3) is 0 Å². The van der Waals surface area contributed by atoms with Gasteiger partial charge in [-0.15, -0.1) is 0 Å². The van der Waals surface area contributed by atoms with Crippen LogP contribution in [0.5, 0.6) is 0 Å². The number of nitrogens with one attached hydrogen (secondary N) is 1. The van der Waals surface area contributed by atoms with Crippen LogP contribution >= 0.6 is 11.6 Å². The smallest absolute Gasteiger partial charge is 0.321 e. The lowest BCUT2D eigenvalue weighted by Crippen LogP contribution is -2.41. The number of carbonyl (C=O) groups is 1. The van der Waals surface area contributed by atoms with Crippen LogP contribution in [0.4, 0.5) is 4.39 Å². The summed E-state index contributed by atoms with van der Waals surface area (Å²) < 4.78 is 39.7. The molecule has 0 bridgehead atoms. The Morgan fingerprint density at radius 3 is 2.65 bits per heavy atom. The Kier molecular flexibility index (Phi) is 5.91. The average molecular weight is 324 g/mol. The second-order valence-electron chi connectivity index (χ2n) is 4.21. The second-order valence-corrected chi connectivity index (χ2v) is 6.26. The van der Waals surface area contributed by atoms with E-state index in [-0.39, 0.29) is 11.4 Å². The Morgan fingerprint density at radius 2 is 2.15 bits per heavy atom. The van der Waals surface area contributed by atoms with E-state index in [1.54, 1.807) is 0 Å². The van der Waals surface area contributed by atoms with E-state index in [0.29, 0.717) is 12.8 Å². The lowest BCUT2D eigenvalue weighted by molar-refractivity contribution is -0.139. The molecule has 0 radical (unpaired) electrons. The maximum atomic E-state index is 13.6. The van der Waals surface area contributed by atoms with Crippen LogP contribution in [0.3, 0.4) is 0 Å². The molecule has 0 aliphatic heterocycles. The summed E-state index contributed by atoms with van der Waals surface area (Å²) >= 11 is 5.67. The minimum absolute atomic E-state index is 0.122. The van der Waals surface area contributed by atoms with Crippen LogP contribution in [0.1, 0.15) is 26.2 Å². The molecule has 20 heavy (non-hydrogen) atoms. The number of sulfonamides is 1. The summed E-state index contributed by atoms with van der Waals surface area (Å²) in [4.78, 5) is 10.3. The summed E-state index contributed by atoms with van der Waals surface area (Å²) in [6.07, 6.45) is 1.37. The topological polar surface area (TPSA) is 83.5 Å². The third-order valence-electron chi connectivity index (χ3n) is 2.63. The Balaban J connectivity index is 3.07. The van der Waals surface area contributed by atoms with Crippen LogP contribution in [0.15, 0.2) is 23.1 Å². The zero-order valence-corrected chi connectivity index (χ0v) is 12.3. The molecule has 1 atom stereocenters.